The lowest BCUT2D eigenvalue weighted by atomic mass is 9.81. The second-order valence-electron chi connectivity index (χ2n) is 9.49. The Kier molecular flexibility index (Phi) is 6.92. The van der Waals surface area contributed by atoms with E-state index in [0.29, 0.717) is 11.8 Å². The van der Waals surface area contributed by atoms with E-state index in [4.69, 9.17) is 19.2 Å². The molecule has 2 saturated heterocycles. The predicted octanol–water partition coefficient (Wildman–Crippen LogP) is 2.60. The number of hydrogen-bond donors (Lipinski definition) is 4. The van der Waals surface area contributed by atoms with Crippen LogP contribution in [-0.4, -0.2) is 61.6 Å². The van der Waals surface area contributed by atoms with E-state index < -0.39 is 7.82 Å². The number of aryl methyl sites for hydroxylation is 1. The summed E-state index contributed by atoms with van der Waals surface area (Å²) in [5.74, 6) is 0.483. The number of phosphoric acid groups is 1. The number of aromatic nitrogens is 1. The Morgan fingerprint density at radius 3 is 2.34 bits per heavy atom. The molecule has 9 heteroatoms. The van der Waals surface area contributed by atoms with Crippen LogP contribution in [0, 0.1) is 5.92 Å². The number of rotatable bonds is 3. The topological polar surface area (TPSA) is 115 Å². The van der Waals surface area contributed by atoms with Crippen LogP contribution in [0.3, 0.4) is 0 Å². The van der Waals surface area contributed by atoms with Gasteiger partial charge in [-0.25, -0.2) is 4.57 Å². The van der Waals surface area contributed by atoms with Gasteiger partial charge in [0, 0.05) is 59.8 Å². The van der Waals surface area contributed by atoms with Crippen LogP contribution in [-0.2, 0) is 18.0 Å². The lowest BCUT2D eigenvalue weighted by Gasteiger charge is -2.47. The molecule has 32 heavy (non-hydrogen) atoms. The zero-order valence-corrected chi connectivity index (χ0v) is 19.7. The molecule has 4 N–H and O–H groups in total. The number of nitrogens with zero attached hydrogens (tertiary/aromatic N) is 2. The Bertz CT molecular complexity index is 1010. The Labute approximate surface area is 188 Å². The minimum Gasteiger partial charge on any atom is -0.347 e. The third-order valence-electron chi connectivity index (χ3n) is 7.57. The number of para-hydroxylation sites is 1. The zero-order chi connectivity index (χ0) is 23.0. The second-order valence-corrected chi connectivity index (χ2v) is 10.5. The maximum absolute atomic E-state index is 13.3. The molecule has 176 valence electrons. The van der Waals surface area contributed by atoms with Crippen molar-refractivity contribution in [3.05, 3.63) is 35.5 Å². The molecule has 2 aliphatic heterocycles. The van der Waals surface area contributed by atoms with Gasteiger partial charge in [0.2, 0.25) is 0 Å². The normalized spacial score (nSPS) is 28.2. The number of benzene rings is 1. The molecule has 0 radical (unpaired) electrons. The highest BCUT2D eigenvalue weighted by atomic mass is 31.2. The van der Waals surface area contributed by atoms with Gasteiger partial charge in [-0.05, 0) is 51.6 Å². The minimum atomic E-state index is -4.64. The summed E-state index contributed by atoms with van der Waals surface area (Å²) in [7, 11) is -0.234. The van der Waals surface area contributed by atoms with Gasteiger partial charge in [0.1, 0.15) is 0 Å². The van der Waals surface area contributed by atoms with E-state index in [9.17, 15) is 4.79 Å². The summed E-state index contributed by atoms with van der Waals surface area (Å²) in [4.78, 5) is 37.5. The molecule has 2 fully saturated rings. The van der Waals surface area contributed by atoms with Gasteiger partial charge in [0.25, 0.3) is 0 Å². The van der Waals surface area contributed by atoms with Crippen LogP contribution in [0.25, 0.3) is 10.9 Å². The van der Waals surface area contributed by atoms with Crippen LogP contribution in [0.1, 0.15) is 54.6 Å². The number of ketones is 1. The van der Waals surface area contributed by atoms with Crippen LogP contribution < -0.4 is 5.32 Å². The van der Waals surface area contributed by atoms with E-state index in [2.05, 4.69) is 53.1 Å². The zero-order valence-electron chi connectivity index (χ0n) is 18.8. The van der Waals surface area contributed by atoms with Gasteiger partial charge in [0.05, 0.1) is 0 Å². The van der Waals surface area contributed by atoms with Crippen molar-refractivity contribution in [1.29, 1.82) is 0 Å². The highest BCUT2D eigenvalue weighted by Gasteiger charge is 2.37. The van der Waals surface area contributed by atoms with Crippen molar-refractivity contribution in [2.45, 2.75) is 63.1 Å². The van der Waals surface area contributed by atoms with E-state index in [1.807, 2.05) is 0 Å². The molecule has 2 aromatic rings. The average Bonchev–Trinajstić information content (AvgIpc) is 3.00. The Morgan fingerprint density at radius 1 is 1.06 bits per heavy atom. The largest absolute Gasteiger partial charge is 0.466 e. The summed E-state index contributed by atoms with van der Waals surface area (Å²) in [6.45, 7) is 0.843. The molecule has 1 aromatic carbocycles. The average molecular weight is 464 g/mol. The first-order chi connectivity index (χ1) is 15.1. The van der Waals surface area contributed by atoms with Gasteiger partial charge >= 0.3 is 7.82 Å². The van der Waals surface area contributed by atoms with Gasteiger partial charge in [-0.2, -0.15) is 0 Å². The number of piperidine rings is 2. The molecule has 3 unspecified atom stereocenters. The Hall–Kier alpha value is -1.54. The Balaban J connectivity index is 0.000000444. The van der Waals surface area contributed by atoms with E-state index in [-0.39, 0.29) is 5.92 Å². The predicted molar refractivity (Wildman–Crippen MR) is 124 cm³/mol. The Morgan fingerprint density at radius 2 is 1.69 bits per heavy atom. The van der Waals surface area contributed by atoms with Gasteiger partial charge in [0.15, 0.2) is 5.78 Å². The van der Waals surface area contributed by atoms with Crippen LogP contribution >= 0.6 is 7.82 Å². The quantitative estimate of drug-likeness (QED) is 0.517. The first-order valence-electron chi connectivity index (χ1n) is 11.5. The number of nitrogens with one attached hydrogen (secondary N) is 1. The van der Waals surface area contributed by atoms with Gasteiger partial charge in [-0.1, -0.05) is 24.6 Å². The molecule has 3 heterocycles. The number of carbonyl (C=O) groups excluding carboxylic acids is 1. The number of fused-ring (bicyclic) bond motifs is 5. The molecule has 1 aromatic heterocycles. The molecule has 5 rings (SSSR count). The first kappa shape index (κ1) is 23.6. The second kappa shape index (κ2) is 9.37. The summed E-state index contributed by atoms with van der Waals surface area (Å²) in [5.41, 5.74) is 3.41. The standard InChI is InChI=1S/C23H31N3O.H3O4P/c1-25-17-6-5-7-18(25)13-16(12-17)24-14-15-10-11-21-22(23(15)27)19-8-3-4-9-20(19)26(21)2;1-5(2,3)4/h3-4,8-9,15-18,24H,5-7,10-14H2,1-2H3;(H3,1,2,3,4). The minimum absolute atomic E-state index is 0.128. The first-order valence-corrected chi connectivity index (χ1v) is 13.0. The third-order valence-corrected chi connectivity index (χ3v) is 7.57. The summed E-state index contributed by atoms with van der Waals surface area (Å²) < 4.78 is 11.1. The number of hydrogen-bond acceptors (Lipinski definition) is 4. The fourth-order valence-corrected chi connectivity index (χ4v) is 5.95. The van der Waals surface area contributed by atoms with E-state index >= 15 is 0 Å². The van der Waals surface area contributed by atoms with Crippen molar-refractivity contribution in [2.24, 2.45) is 13.0 Å². The molecule has 0 saturated carbocycles. The van der Waals surface area contributed by atoms with Crippen LogP contribution in [0.15, 0.2) is 24.3 Å². The fraction of sp³-hybridized carbons (Fsp3) is 0.609. The fourth-order valence-electron chi connectivity index (χ4n) is 5.95. The molecule has 2 bridgehead atoms. The highest BCUT2D eigenvalue weighted by molar-refractivity contribution is 7.45. The van der Waals surface area contributed by atoms with Gasteiger partial charge < -0.3 is 29.5 Å². The lowest BCUT2D eigenvalue weighted by Crippen LogP contribution is -2.55. The summed E-state index contributed by atoms with van der Waals surface area (Å²) in [6.07, 6.45) is 8.54. The van der Waals surface area contributed by atoms with Crippen molar-refractivity contribution in [3.8, 4) is 0 Å². The van der Waals surface area contributed by atoms with Crippen molar-refractivity contribution in [1.82, 2.24) is 14.8 Å². The maximum atomic E-state index is 13.3. The molecule has 1 aliphatic carbocycles. The van der Waals surface area contributed by atoms with Crippen LogP contribution in [0.4, 0.5) is 0 Å². The third kappa shape index (κ3) is 5.01. The summed E-state index contributed by atoms with van der Waals surface area (Å²) in [5, 5.41) is 4.94. The van der Waals surface area contributed by atoms with Crippen molar-refractivity contribution < 1.29 is 24.0 Å². The van der Waals surface area contributed by atoms with E-state index in [1.54, 1.807) is 0 Å². The van der Waals surface area contributed by atoms with Crippen molar-refractivity contribution >= 4 is 24.5 Å². The summed E-state index contributed by atoms with van der Waals surface area (Å²) >= 11 is 0. The SMILES string of the molecule is CN1C2CCCC1CC(NCC1CCc3c(c4ccccc4n3C)C1=O)C2.O=P(O)(O)O. The molecular weight excluding hydrogens is 429 g/mol. The monoisotopic (exact) mass is 463 g/mol. The maximum Gasteiger partial charge on any atom is 0.466 e. The van der Waals surface area contributed by atoms with Crippen LogP contribution in [0.5, 0.6) is 0 Å². The lowest BCUT2D eigenvalue weighted by molar-refractivity contribution is 0.0473. The molecule has 0 amide bonds. The molecule has 3 atom stereocenters. The van der Waals surface area contributed by atoms with Crippen LogP contribution in [0.2, 0.25) is 0 Å². The highest BCUT2D eigenvalue weighted by Crippen LogP contribution is 2.35. The van der Waals surface area contributed by atoms with E-state index in [0.717, 1.165) is 42.4 Å². The van der Waals surface area contributed by atoms with Crippen molar-refractivity contribution in [2.75, 3.05) is 13.6 Å². The molecule has 8 nitrogen and oxygen atoms in total. The number of carbonyl (C=O) groups is 1. The van der Waals surface area contributed by atoms with Gasteiger partial charge in [-0.3, -0.25) is 4.79 Å². The molecule has 0 spiro atoms. The summed E-state index contributed by atoms with van der Waals surface area (Å²) in [6, 6.07) is 10.4. The van der Waals surface area contributed by atoms with E-state index in [1.165, 1.54) is 43.3 Å². The molecular formula is C23H34N3O5P. The number of Topliss-reactive ketones (excluding diaryl/α,β-unsaturated/α-hetero) is 1. The van der Waals surface area contributed by atoms with Gasteiger partial charge in [-0.15, -0.1) is 0 Å². The molecule has 3 aliphatic rings. The van der Waals surface area contributed by atoms with Crippen molar-refractivity contribution in [3.63, 3.8) is 0 Å². The smallest absolute Gasteiger partial charge is 0.347 e.